The normalized spacial score (nSPS) is 10.2. The summed E-state index contributed by atoms with van der Waals surface area (Å²) >= 11 is 1.15. The molecule has 0 spiro atoms. The molecule has 1 aromatic heterocycles. The van der Waals surface area contributed by atoms with Crippen molar-refractivity contribution in [2.45, 2.75) is 6.42 Å². The van der Waals surface area contributed by atoms with E-state index >= 15 is 0 Å². The summed E-state index contributed by atoms with van der Waals surface area (Å²) < 4.78 is 14.0. The van der Waals surface area contributed by atoms with E-state index in [-0.39, 0.29) is 5.82 Å². The predicted molar refractivity (Wildman–Crippen MR) is 83.1 cm³/mol. The van der Waals surface area contributed by atoms with Gasteiger partial charge in [-0.05, 0) is 29.6 Å². The van der Waals surface area contributed by atoms with E-state index in [1.807, 2.05) is 24.3 Å². The van der Waals surface area contributed by atoms with Crippen molar-refractivity contribution in [3.8, 4) is 5.75 Å². The molecule has 0 bridgehead atoms. The molecule has 0 saturated heterocycles. The molecule has 0 amide bonds. The Balaban J connectivity index is 2.03. The van der Waals surface area contributed by atoms with Crippen LogP contribution >= 0.6 is 11.5 Å². The number of aromatic nitrogens is 1. The van der Waals surface area contributed by atoms with Crippen molar-refractivity contribution in [3.05, 3.63) is 35.4 Å². The number of carbonyl (C=O) groups excluding carboxylic acids is 1. The fourth-order valence-corrected chi connectivity index (χ4v) is 2.67. The third kappa shape index (κ3) is 3.43. The summed E-state index contributed by atoms with van der Waals surface area (Å²) in [6.45, 7) is 0.631. The van der Waals surface area contributed by atoms with Gasteiger partial charge in [-0.2, -0.15) is 4.37 Å². The number of esters is 1. The second-order valence-electron chi connectivity index (χ2n) is 4.25. The van der Waals surface area contributed by atoms with Crippen LogP contribution in [0.4, 0.5) is 10.8 Å². The lowest BCUT2D eigenvalue weighted by atomic mass is 10.1. The molecule has 6 nitrogen and oxygen atoms in total. The largest absolute Gasteiger partial charge is 0.496 e. The SMILES string of the molecule is COC(=O)c1c(N)nsc1NCCc1ccccc1OC. The van der Waals surface area contributed by atoms with Gasteiger partial charge in [0.05, 0.1) is 14.2 Å². The maximum atomic E-state index is 11.7. The molecule has 0 atom stereocenters. The van der Waals surface area contributed by atoms with Gasteiger partial charge in [0.25, 0.3) is 0 Å². The van der Waals surface area contributed by atoms with Gasteiger partial charge in [-0.3, -0.25) is 0 Å². The van der Waals surface area contributed by atoms with Gasteiger partial charge in [0.1, 0.15) is 16.3 Å². The molecular weight excluding hydrogens is 290 g/mol. The molecule has 0 fully saturated rings. The molecule has 0 unspecified atom stereocenters. The molecule has 0 aliphatic heterocycles. The molecule has 0 aliphatic rings. The lowest BCUT2D eigenvalue weighted by Gasteiger charge is -2.09. The molecule has 3 N–H and O–H groups in total. The van der Waals surface area contributed by atoms with Crippen molar-refractivity contribution < 1.29 is 14.3 Å². The maximum Gasteiger partial charge on any atom is 0.344 e. The average Bonchev–Trinajstić information content (AvgIpc) is 2.88. The Bertz CT molecular complexity index is 628. The fraction of sp³-hybridized carbons (Fsp3) is 0.286. The summed E-state index contributed by atoms with van der Waals surface area (Å²) in [5.74, 6) is 0.545. The summed E-state index contributed by atoms with van der Waals surface area (Å²) in [4.78, 5) is 11.7. The first-order chi connectivity index (χ1) is 10.2. The smallest absolute Gasteiger partial charge is 0.344 e. The van der Waals surface area contributed by atoms with Crippen molar-refractivity contribution in [2.24, 2.45) is 0 Å². The Morgan fingerprint density at radius 2 is 2.14 bits per heavy atom. The van der Waals surface area contributed by atoms with Crippen LogP contribution in [0, 0.1) is 0 Å². The number of ether oxygens (including phenoxy) is 2. The van der Waals surface area contributed by atoms with Gasteiger partial charge in [0.15, 0.2) is 5.82 Å². The van der Waals surface area contributed by atoms with Crippen molar-refractivity contribution in [1.82, 2.24) is 4.37 Å². The number of para-hydroxylation sites is 1. The maximum absolute atomic E-state index is 11.7. The Morgan fingerprint density at radius 1 is 1.38 bits per heavy atom. The highest BCUT2D eigenvalue weighted by Gasteiger charge is 2.19. The van der Waals surface area contributed by atoms with Crippen molar-refractivity contribution in [3.63, 3.8) is 0 Å². The van der Waals surface area contributed by atoms with Gasteiger partial charge < -0.3 is 20.5 Å². The van der Waals surface area contributed by atoms with E-state index in [2.05, 4.69) is 9.69 Å². The van der Waals surface area contributed by atoms with E-state index in [1.54, 1.807) is 7.11 Å². The lowest BCUT2D eigenvalue weighted by molar-refractivity contribution is 0.0603. The van der Waals surface area contributed by atoms with Gasteiger partial charge in [-0.25, -0.2) is 4.79 Å². The van der Waals surface area contributed by atoms with E-state index in [0.717, 1.165) is 29.3 Å². The quantitative estimate of drug-likeness (QED) is 0.795. The van der Waals surface area contributed by atoms with Crippen LogP contribution in [0.3, 0.4) is 0 Å². The number of nitrogens with two attached hydrogens (primary N) is 1. The third-order valence-corrected chi connectivity index (χ3v) is 3.80. The number of methoxy groups -OCH3 is 2. The number of benzene rings is 1. The highest BCUT2D eigenvalue weighted by atomic mass is 32.1. The second-order valence-corrected chi connectivity index (χ2v) is 5.03. The van der Waals surface area contributed by atoms with E-state index in [0.29, 0.717) is 17.1 Å². The van der Waals surface area contributed by atoms with E-state index in [4.69, 9.17) is 15.2 Å². The fourth-order valence-electron chi connectivity index (χ4n) is 1.94. The molecule has 2 aromatic rings. The average molecular weight is 307 g/mol. The number of anilines is 2. The zero-order valence-electron chi connectivity index (χ0n) is 11.9. The van der Waals surface area contributed by atoms with Crippen LogP contribution in [0.25, 0.3) is 0 Å². The molecule has 21 heavy (non-hydrogen) atoms. The Labute approximate surface area is 127 Å². The molecule has 0 saturated carbocycles. The van der Waals surface area contributed by atoms with E-state index in [1.165, 1.54) is 7.11 Å². The Morgan fingerprint density at radius 3 is 2.86 bits per heavy atom. The monoisotopic (exact) mass is 307 g/mol. The summed E-state index contributed by atoms with van der Waals surface area (Å²) in [7, 11) is 2.96. The number of nitrogens with zero attached hydrogens (tertiary/aromatic N) is 1. The van der Waals surface area contributed by atoms with Gasteiger partial charge in [0, 0.05) is 6.54 Å². The van der Waals surface area contributed by atoms with Crippen LogP contribution in [0.1, 0.15) is 15.9 Å². The summed E-state index contributed by atoms with van der Waals surface area (Å²) in [5.41, 5.74) is 7.07. The topological polar surface area (TPSA) is 86.5 Å². The van der Waals surface area contributed by atoms with Gasteiger partial charge in [-0.1, -0.05) is 18.2 Å². The standard InChI is InChI=1S/C14H17N3O3S/c1-19-10-6-4-3-5-9(10)7-8-16-13-11(14(18)20-2)12(15)17-21-13/h3-6,16H,7-8H2,1-2H3,(H2,15,17). The molecule has 0 aliphatic carbocycles. The molecule has 1 heterocycles. The minimum atomic E-state index is -0.485. The molecule has 7 heteroatoms. The van der Waals surface area contributed by atoms with Gasteiger partial charge in [0.2, 0.25) is 0 Å². The molecule has 2 rings (SSSR count). The Hall–Kier alpha value is -2.28. The first-order valence-electron chi connectivity index (χ1n) is 6.36. The predicted octanol–water partition coefficient (Wildman–Crippen LogP) is 2.18. The first kappa shape index (κ1) is 15.1. The molecule has 112 valence electrons. The summed E-state index contributed by atoms with van der Waals surface area (Å²) in [5, 5.41) is 3.79. The first-order valence-corrected chi connectivity index (χ1v) is 7.14. The number of hydrogen-bond acceptors (Lipinski definition) is 7. The number of nitrogen functional groups attached to an aromatic ring is 1. The van der Waals surface area contributed by atoms with Gasteiger partial charge >= 0.3 is 5.97 Å². The molecule has 0 radical (unpaired) electrons. The van der Waals surface area contributed by atoms with Crippen LogP contribution in [-0.2, 0) is 11.2 Å². The van der Waals surface area contributed by atoms with Crippen LogP contribution in [0.5, 0.6) is 5.75 Å². The summed E-state index contributed by atoms with van der Waals surface area (Å²) in [6.07, 6.45) is 0.752. The van der Waals surface area contributed by atoms with E-state index < -0.39 is 5.97 Å². The van der Waals surface area contributed by atoms with Gasteiger partial charge in [-0.15, -0.1) is 0 Å². The second kappa shape index (κ2) is 6.94. The number of hydrogen-bond donors (Lipinski definition) is 2. The van der Waals surface area contributed by atoms with E-state index in [9.17, 15) is 4.79 Å². The zero-order valence-corrected chi connectivity index (χ0v) is 12.7. The van der Waals surface area contributed by atoms with Crippen LogP contribution < -0.4 is 15.8 Å². The number of nitrogens with one attached hydrogen (secondary N) is 1. The number of rotatable bonds is 6. The Kier molecular flexibility index (Phi) is 4.99. The van der Waals surface area contributed by atoms with Crippen LogP contribution in [-0.4, -0.2) is 31.1 Å². The van der Waals surface area contributed by atoms with Crippen molar-refractivity contribution in [1.29, 1.82) is 0 Å². The molecule has 1 aromatic carbocycles. The highest BCUT2D eigenvalue weighted by molar-refractivity contribution is 7.11. The summed E-state index contributed by atoms with van der Waals surface area (Å²) in [6, 6.07) is 7.81. The van der Waals surface area contributed by atoms with Crippen molar-refractivity contribution in [2.75, 3.05) is 31.8 Å². The minimum Gasteiger partial charge on any atom is -0.496 e. The van der Waals surface area contributed by atoms with Crippen LogP contribution in [0.2, 0.25) is 0 Å². The zero-order chi connectivity index (χ0) is 15.2. The van der Waals surface area contributed by atoms with Crippen molar-refractivity contribution >= 4 is 28.3 Å². The third-order valence-electron chi connectivity index (χ3n) is 2.98. The lowest BCUT2D eigenvalue weighted by Crippen LogP contribution is -2.10. The minimum absolute atomic E-state index is 0.187. The highest BCUT2D eigenvalue weighted by Crippen LogP contribution is 2.27. The number of carbonyl (C=O) groups is 1. The van der Waals surface area contributed by atoms with Crippen LogP contribution in [0.15, 0.2) is 24.3 Å². The molecular formula is C14H17N3O3S.